The van der Waals surface area contributed by atoms with Crippen molar-refractivity contribution in [1.29, 1.82) is 0 Å². The predicted molar refractivity (Wildman–Crippen MR) is 93.0 cm³/mol. The maximum atomic E-state index is 10.3. The van der Waals surface area contributed by atoms with Gasteiger partial charge in [0.25, 0.3) is 0 Å². The third-order valence-electron chi connectivity index (χ3n) is 4.36. The van der Waals surface area contributed by atoms with Crippen LogP contribution in [0.4, 0.5) is 5.69 Å². The molecular formula is C19H25NO3. The second kappa shape index (κ2) is 7.77. The number of hydrogen-bond donors (Lipinski definition) is 1. The molecule has 1 saturated heterocycles. The number of likely N-dealkylation sites (N-methyl/N-ethyl adjacent to an activating group) is 1. The molecule has 1 heterocycles. The van der Waals surface area contributed by atoms with Gasteiger partial charge in [0.05, 0.1) is 18.8 Å². The average molecular weight is 315 g/mol. The molecule has 4 heteroatoms. The third-order valence-corrected chi connectivity index (χ3v) is 4.36. The van der Waals surface area contributed by atoms with Gasteiger partial charge in [-0.25, -0.2) is 0 Å². The molecule has 124 valence electrons. The first-order valence-electron chi connectivity index (χ1n) is 8.30. The van der Waals surface area contributed by atoms with Crippen LogP contribution in [0.3, 0.4) is 0 Å². The highest BCUT2D eigenvalue weighted by Gasteiger charge is 2.17. The van der Waals surface area contributed by atoms with Crippen molar-refractivity contribution in [2.75, 3.05) is 38.3 Å². The van der Waals surface area contributed by atoms with E-state index in [1.807, 2.05) is 19.2 Å². The fraction of sp³-hybridized carbons (Fsp3) is 0.474. The summed E-state index contributed by atoms with van der Waals surface area (Å²) in [5.41, 5.74) is 1.13. The van der Waals surface area contributed by atoms with Crippen LogP contribution in [0.1, 0.15) is 12.8 Å². The van der Waals surface area contributed by atoms with Gasteiger partial charge in [-0.15, -0.1) is 0 Å². The molecule has 1 unspecified atom stereocenters. The second-order valence-electron chi connectivity index (χ2n) is 6.18. The first-order valence-corrected chi connectivity index (χ1v) is 8.30. The molecule has 0 aromatic heterocycles. The molecule has 1 aliphatic rings. The molecule has 23 heavy (non-hydrogen) atoms. The van der Waals surface area contributed by atoms with Gasteiger partial charge in [0.15, 0.2) is 0 Å². The lowest BCUT2D eigenvalue weighted by atomic mass is 10.1. The molecule has 2 aromatic carbocycles. The first-order chi connectivity index (χ1) is 11.2. The van der Waals surface area contributed by atoms with E-state index < -0.39 is 6.10 Å². The zero-order valence-electron chi connectivity index (χ0n) is 13.6. The predicted octanol–water partition coefficient (Wildman–Crippen LogP) is 2.83. The van der Waals surface area contributed by atoms with Crippen molar-refractivity contribution in [2.24, 2.45) is 0 Å². The molecule has 0 saturated carbocycles. The molecular weight excluding hydrogens is 290 g/mol. The minimum Gasteiger partial charge on any atom is -0.389 e. The summed E-state index contributed by atoms with van der Waals surface area (Å²) in [5.74, 6) is 0. The van der Waals surface area contributed by atoms with Crippen molar-refractivity contribution < 1.29 is 14.6 Å². The Labute approximate surface area is 137 Å². The van der Waals surface area contributed by atoms with Crippen LogP contribution in [0.2, 0.25) is 0 Å². The van der Waals surface area contributed by atoms with E-state index in [1.165, 1.54) is 10.8 Å². The minimum absolute atomic E-state index is 0.223. The van der Waals surface area contributed by atoms with Crippen LogP contribution in [0.5, 0.6) is 0 Å². The lowest BCUT2D eigenvalue weighted by Gasteiger charge is -2.27. The molecule has 0 bridgehead atoms. The van der Waals surface area contributed by atoms with Gasteiger partial charge >= 0.3 is 0 Å². The maximum absolute atomic E-state index is 10.3. The van der Waals surface area contributed by atoms with Crippen LogP contribution in [0.15, 0.2) is 42.5 Å². The first kappa shape index (κ1) is 16.2. The lowest BCUT2D eigenvalue weighted by Crippen LogP contribution is -2.34. The molecule has 0 spiro atoms. The smallest absolute Gasteiger partial charge is 0.0948 e. The van der Waals surface area contributed by atoms with E-state index in [9.17, 15) is 5.11 Å². The van der Waals surface area contributed by atoms with Crippen LogP contribution in [0, 0.1) is 0 Å². The van der Waals surface area contributed by atoms with E-state index in [4.69, 9.17) is 9.47 Å². The standard InChI is InChI=1S/C19H25NO3/c1-20(13-16(21)14-23-17-9-11-22-12-10-17)19-8-4-6-15-5-2-3-7-18(15)19/h2-8,16-17,21H,9-14H2,1H3. The highest BCUT2D eigenvalue weighted by molar-refractivity contribution is 5.94. The van der Waals surface area contributed by atoms with Crippen LogP contribution in [-0.4, -0.2) is 50.7 Å². The van der Waals surface area contributed by atoms with Gasteiger partial charge in [-0.1, -0.05) is 36.4 Å². The van der Waals surface area contributed by atoms with Gasteiger partial charge in [-0.05, 0) is 24.3 Å². The van der Waals surface area contributed by atoms with Crippen molar-refractivity contribution >= 4 is 16.5 Å². The van der Waals surface area contributed by atoms with Gasteiger partial charge in [-0.2, -0.15) is 0 Å². The van der Waals surface area contributed by atoms with Gasteiger partial charge in [0, 0.05) is 37.9 Å². The van der Waals surface area contributed by atoms with E-state index in [1.54, 1.807) is 0 Å². The second-order valence-corrected chi connectivity index (χ2v) is 6.18. The molecule has 4 nitrogen and oxygen atoms in total. The Bertz CT molecular complexity index is 620. The van der Waals surface area contributed by atoms with Crippen molar-refractivity contribution in [1.82, 2.24) is 0 Å². The Hall–Kier alpha value is -1.62. The van der Waals surface area contributed by atoms with Gasteiger partial charge in [0.1, 0.15) is 0 Å². The fourth-order valence-corrected chi connectivity index (χ4v) is 3.10. The van der Waals surface area contributed by atoms with Crippen molar-refractivity contribution in [2.45, 2.75) is 25.0 Å². The van der Waals surface area contributed by atoms with E-state index in [-0.39, 0.29) is 6.10 Å². The molecule has 1 N–H and O–H groups in total. The zero-order valence-corrected chi connectivity index (χ0v) is 13.6. The number of aliphatic hydroxyl groups is 1. The fourth-order valence-electron chi connectivity index (χ4n) is 3.10. The monoisotopic (exact) mass is 315 g/mol. The Morgan fingerprint density at radius 1 is 1.17 bits per heavy atom. The Morgan fingerprint density at radius 3 is 2.74 bits per heavy atom. The topological polar surface area (TPSA) is 41.9 Å². The van der Waals surface area contributed by atoms with Crippen molar-refractivity contribution in [3.63, 3.8) is 0 Å². The highest BCUT2D eigenvalue weighted by Crippen LogP contribution is 2.25. The minimum atomic E-state index is -0.498. The Morgan fingerprint density at radius 2 is 1.91 bits per heavy atom. The SMILES string of the molecule is CN(CC(O)COC1CCOCC1)c1cccc2ccccc12. The van der Waals surface area contributed by atoms with Crippen molar-refractivity contribution in [3.8, 4) is 0 Å². The highest BCUT2D eigenvalue weighted by atomic mass is 16.5. The number of nitrogens with zero attached hydrogens (tertiary/aromatic N) is 1. The number of benzene rings is 2. The summed E-state index contributed by atoms with van der Waals surface area (Å²) in [6.07, 6.45) is 1.57. The number of fused-ring (bicyclic) bond motifs is 1. The Kier molecular flexibility index (Phi) is 5.49. The van der Waals surface area contributed by atoms with Crippen molar-refractivity contribution in [3.05, 3.63) is 42.5 Å². The summed E-state index contributed by atoms with van der Waals surface area (Å²) in [7, 11) is 2.01. The van der Waals surface area contributed by atoms with E-state index >= 15 is 0 Å². The largest absolute Gasteiger partial charge is 0.389 e. The van der Waals surface area contributed by atoms with Gasteiger partial charge in [-0.3, -0.25) is 0 Å². The molecule has 0 radical (unpaired) electrons. The number of ether oxygens (including phenoxy) is 2. The summed E-state index contributed by atoms with van der Waals surface area (Å²) in [6, 6.07) is 14.6. The zero-order chi connectivity index (χ0) is 16.1. The number of aliphatic hydroxyl groups excluding tert-OH is 1. The van der Waals surface area contributed by atoms with Gasteiger partial charge in [0.2, 0.25) is 0 Å². The molecule has 0 amide bonds. The maximum Gasteiger partial charge on any atom is 0.0948 e. The molecule has 1 atom stereocenters. The molecule has 1 aliphatic heterocycles. The summed E-state index contributed by atoms with van der Waals surface area (Å²) in [4.78, 5) is 2.10. The quantitative estimate of drug-likeness (QED) is 0.890. The van der Waals surface area contributed by atoms with E-state index in [2.05, 4.69) is 35.2 Å². The average Bonchev–Trinajstić information content (AvgIpc) is 2.60. The molecule has 1 fully saturated rings. The summed E-state index contributed by atoms with van der Waals surface area (Å²) in [6.45, 7) is 2.45. The third kappa shape index (κ3) is 4.22. The van der Waals surface area contributed by atoms with Crippen LogP contribution in [0.25, 0.3) is 10.8 Å². The molecule has 3 rings (SSSR count). The van der Waals surface area contributed by atoms with Gasteiger partial charge < -0.3 is 19.5 Å². The Balaban J connectivity index is 1.58. The van der Waals surface area contributed by atoms with E-state index in [0.29, 0.717) is 13.2 Å². The molecule has 2 aromatic rings. The van der Waals surface area contributed by atoms with E-state index in [0.717, 1.165) is 31.7 Å². The van der Waals surface area contributed by atoms with Crippen LogP contribution in [-0.2, 0) is 9.47 Å². The summed E-state index contributed by atoms with van der Waals surface area (Å²) in [5, 5.41) is 12.7. The summed E-state index contributed by atoms with van der Waals surface area (Å²) >= 11 is 0. The lowest BCUT2D eigenvalue weighted by molar-refractivity contribution is -0.0573. The number of hydrogen-bond acceptors (Lipinski definition) is 4. The summed E-state index contributed by atoms with van der Waals surface area (Å²) < 4.78 is 11.1. The normalized spacial score (nSPS) is 17.3. The number of anilines is 1. The van der Waals surface area contributed by atoms with Crippen LogP contribution >= 0.6 is 0 Å². The molecule has 0 aliphatic carbocycles. The number of rotatable bonds is 6. The van der Waals surface area contributed by atoms with Crippen LogP contribution < -0.4 is 4.90 Å².